The third-order valence-corrected chi connectivity index (χ3v) is 5.38. The lowest BCUT2D eigenvalue weighted by Gasteiger charge is -2.38. The molecule has 19 heavy (non-hydrogen) atoms. The van der Waals surface area contributed by atoms with Crippen LogP contribution in [0, 0.1) is 0 Å². The van der Waals surface area contributed by atoms with E-state index < -0.39 is 11.4 Å². The van der Waals surface area contributed by atoms with Gasteiger partial charge in [0.2, 0.25) is 0 Å². The Balaban J connectivity index is 2.21. The fourth-order valence-corrected chi connectivity index (χ4v) is 3.72. The Morgan fingerprint density at radius 3 is 2.68 bits per heavy atom. The van der Waals surface area contributed by atoms with E-state index in [4.69, 9.17) is 4.98 Å². The molecule has 0 aliphatic heterocycles. The van der Waals surface area contributed by atoms with Gasteiger partial charge >= 0.3 is 5.97 Å². The molecule has 2 aromatic rings. The molecular formula is C15H17NO2S. The number of benzene rings is 1. The summed E-state index contributed by atoms with van der Waals surface area (Å²) in [5, 5.41) is 10.7. The maximum atomic E-state index is 11.7. The van der Waals surface area contributed by atoms with Crippen LogP contribution in [-0.2, 0) is 10.2 Å². The second kappa shape index (κ2) is 4.30. The van der Waals surface area contributed by atoms with Crippen molar-refractivity contribution in [1.82, 2.24) is 4.98 Å². The van der Waals surface area contributed by atoms with E-state index in [-0.39, 0.29) is 0 Å². The monoisotopic (exact) mass is 275 g/mol. The Morgan fingerprint density at radius 1 is 1.42 bits per heavy atom. The van der Waals surface area contributed by atoms with Gasteiger partial charge in [0, 0.05) is 5.92 Å². The number of aliphatic carboxylic acids is 1. The third kappa shape index (κ3) is 1.77. The number of aromatic nitrogens is 1. The summed E-state index contributed by atoms with van der Waals surface area (Å²) in [5.74, 6) is -0.322. The van der Waals surface area contributed by atoms with Crippen molar-refractivity contribution >= 4 is 27.5 Å². The lowest BCUT2D eigenvalue weighted by molar-refractivity contribution is -0.147. The molecule has 0 unspecified atom stereocenters. The smallest absolute Gasteiger partial charge is 0.314 e. The summed E-state index contributed by atoms with van der Waals surface area (Å²) >= 11 is 1.68. The minimum Gasteiger partial charge on any atom is -0.481 e. The first-order valence-corrected chi connectivity index (χ1v) is 7.49. The van der Waals surface area contributed by atoms with E-state index >= 15 is 0 Å². The van der Waals surface area contributed by atoms with Gasteiger partial charge in [0.25, 0.3) is 0 Å². The van der Waals surface area contributed by atoms with Gasteiger partial charge in [0.15, 0.2) is 0 Å². The van der Waals surface area contributed by atoms with E-state index in [0.29, 0.717) is 5.92 Å². The van der Waals surface area contributed by atoms with Crippen molar-refractivity contribution in [2.24, 2.45) is 0 Å². The first kappa shape index (κ1) is 12.6. The van der Waals surface area contributed by atoms with Crippen LogP contribution in [0.1, 0.15) is 49.6 Å². The van der Waals surface area contributed by atoms with E-state index in [9.17, 15) is 9.90 Å². The average Bonchev–Trinajstić information content (AvgIpc) is 2.71. The Kier molecular flexibility index (Phi) is 2.86. The van der Waals surface area contributed by atoms with Crippen molar-refractivity contribution in [3.05, 3.63) is 28.8 Å². The lowest BCUT2D eigenvalue weighted by atomic mass is 9.64. The Morgan fingerprint density at radius 2 is 2.16 bits per heavy atom. The van der Waals surface area contributed by atoms with Crippen molar-refractivity contribution in [3.8, 4) is 0 Å². The fraction of sp³-hybridized carbons (Fsp3) is 0.467. The van der Waals surface area contributed by atoms with Gasteiger partial charge in [0.05, 0.1) is 20.6 Å². The van der Waals surface area contributed by atoms with Gasteiger partial charge in [-0.3, -0.25) is 4.79 Å². The molecule has 3 rings (SSSR count). The van der Waals surface area contributed by atoms with Crippen molar-refractivity contribution < 1.29 is 9.90 Å². The highest BCUT2D eigenvalue weighted by Gasteiger charge is 2.47. The summed E-state index contributed by atoms with van der Waals surface area (Å²) in [5.41, 5.74) is 1.12. The van der Waals surface area contributed by atoms with Gasteiger partial charge in [-0.25, -0.2) is 4.98 Å². The van der Waals surface area contributed by atoms with Crippen LogP contribution in [0.4, 0.5) is 0 Å². The maximum absolute atomic E-state index is 11.7. The zero-order chi connectivity index (χ0) is 13.6. The first-order chi connectivity index (χ1) is 9.04. The number of rotatable bonds is 3. The van der Waals surface area contributed by atoms with Crippen molar-refractivity contribution in [3.63, 3.8) is 0 Å². The van der Waals surface area contributed by atoms with Gasteiger partial charge < -0.3 is 5.11 Å². The van der Waals surface area contributed by atoms with Crippen LogP contribution >= 0.6 is 11.3 Å². The molecule has 0 spiro atoms. The van der Waals surface area contributed by atoms with Gasteiger partial charge in [-0.15, -0.1) is 11.3 Å². The summed E-state index contributed by atoms with van der Waals surface area (Å²) in [4.78, 5) is 16.4. The van der Waals surface area contributed by atoms with Crippen LogP contribution in [0.3, 0.4) is 0 Å². The predicted octanol–water partition coefficient (Wildman–Crippen LogP) is 3.93. The highest BCUT2D eigenvalue weighted by Crippen LogP contribution is 2.47. The highest BCUT2D eigenvalue weighted by atomic mass is 32.1. The molecule has 4 heteroatoms. The van der Waals surface area contributed by atoms with Crippen LogP contribution in [0.25, 0.3) is 10.2 Å². The number of carbonyl (C=O) groups is 1. The molecule has 1 aromatic heterocycles. The molecule has 0 radical (unpaired) electrons. The van der Waals surface area contributed by atoms with Crippen LogP contribution in [0.15, 0.2) is 18.2 Å². The average molecular weight is 275 g/mol. The van der Waals surface area contributed by atoms with Crippen LogP contribution in [0.5, 0.6) is 0 Å². The quantitative estimate of drug-likeness (QED) is 0.923. The molecule has 0 bridgehead atoms. The topological polar surface area (TPSA) is 50.2 Å². The minimum absolute atomic E-state index is 0.382. The zero-order valence-electron chi connectivity index (χ0n) is 11.1. The molecule has 1 aromatic carbocycles. The number of thiazole rings is 1. The second-order valence-electron chi connectivity index (χ2n) is 5.60. The molecule has 1 N–H and O–H groups in total. The second-order valence-corrected chi connectivity index (χ2v) is 6.66. The molecule has 1 aliphatic rings. The molecule has 100 valence electrons. The number of nitrogens with zero attached hydrogens (tertiary/aromatic N) is 1. The SMILES string of the molecule is CC(C)c1nc2c(C3(C(=O)O)CCC3)cccc2s1. The molecule has 0 amide bonds. The number of para-hydroxylation sites is 1. The number of hydrogen-bond acceptors (Lipinski definition) is 3. The standard InChI is InChI=1S/C15H17NO2S/c1-9(2)13-16-12-10(5-3-6-11(12)19-13)15(14(17)18)7-4-8-15/h3,5-6,9H,4,7-8H2,1-2H3,(H,17,18). The van der Waals surface area contributed by atoms with Crippen molar-refractivity contribution in [1.29, 1.82) is 0 Å². The Hall–Kier alpha value is -1.42. The fourth-order valence-electron chi connectivity index (χ4n) is 2.73. The molecule has 1 heterocycles. The zero-order valence-corrected chi connectivity index (χ0v) is 12.0. The predicted molar refractivity (Wildman–Crippen MR) is 76.9 cm³/mol. The first-order valence-electron chi connectivity index (χ1n) is 6.68. The highest BCUT2D eigenvalue weighted by molar-refractivity contribution is 7.18. The number of fused-ring (bicyclic) bond motifs is 1. The summed E-state index contributed by atoms with van der Waals surface area (Å²) in [6.45, 7) is 4.24. The van der Waals surface area contributed by atoms with E-state index in [0.717, 1.165) is 40.1 Å². The largest absolute Gasteiger partial charge is 0.481 e. The lowest BCUT2D eigenvalue weighted by Crippen LogP contribution is -2.42. The summed E-state index contributed by atoms with van der Waals surface area (Å²) in [6.07, 6.45) is 2.45. The minimum atomic E-state index is -0.703. The normalized spacial score (nSPS) is 17.6. The molecule has 0 atom stereocenters. The number of carboxylic acids is 1. The van der Waals surface area contributed by atoms with Crippen molar-refractivity contribution in [2.45, 2.75) is 44.4 Å². The van der Waals surface area contributed by atoms with Gasteiger partial charge in [-0.2, -0.15) is 0 Å². The Labute approximate surface area is 116 Å². The third-order valence-electron chi connectivity index (χ3n) is 4.06. The van der Waals surface area contributed by atoms with E-state index in [1.54, 1.807) is 11.3 Å². The molecule has 3 nitrogen and oxygen atoms in total. The van der Waals surface area contributed by atoms with E-state index in [1.807, 2.05) is 18.2 Å². The molecule has 1 aliphatic carbocycles. The van der Waals surface area contributed by atoms with Crippen molar-refractivity contribution in [2.75, 3.05) is 0 Å². The van der Waals surface area contributed by atoms with E-state index in [1.165, 1.54) is 0 Å². The summed E-state index contributed by atoms with van der Waals surface area (Å²) in [6, 6.07) is 5.94. The summed E-state index contributed by atoms with van der Waals surface area (Å²) < 4.78 is 1.11. The van der Waals surface area contributed by atoms with Crippen LogP contribution in [0.2, 0.25) is 0 Å². The number of hydrogen-bond donors (Lipinski definition) is 1. The van der Waals surface area contributed by atoms with Crippen LogP contribution in [-0.4, -0.2) is 16.1 Å². The van der Waals surface area contributed by atoms with Gasteiger partial charge in [0.1, 0.15) is 0 Å². The molecule has 1 saturated carbocycles. The van der Waals surface area contributed by atoms with Gasteiger partial charge in [-0.05, 0) is 24.5 Å². The molecular weight excluding hydrogens is 258 g/mol. The van der Waals surface area contributed by atoms with Crippen LogP contribution < -0.4 is 0 Å². The molecule has 0 saturated heterocycles. The number of carboxylic acid groups (broad SMARTS) is 1. The summed E-state index contributed by atoms with van der Waals surface area (Å²) in [7, 11) is 0. The maximum Gasteiger partial charge on any atom is 0.314 e. The van der Waals surface area contributed by atoms with Gasteiger partial charge in [-0.1, -0.05) is 32.4 Å². The Bertz CT molecular complexity index is 641. The molecule has 1 fully saturated rings. The van der Waals surface area contributed by atoms with E-state index in [2.05, 4.69) is 13.8 Å².